The van der Waals surface area contributed by atoms with E-state index in [9.17, 15) is 27.2 Å². The Morgan fingerprint density at radius 1 is 1.09 bits per heavy atom. The number of nitrogens with one attached hydrogen (secondary N) is 1. The highest BCUT2D eigenvalue weighted by Crippen LogP contribution is 2.33. The second-order valence-corrected chi connectivity index (χ2v) is 8.17. The van der Waals surface area contributed by atoms with Gasteiger partial charge in [-0.25, -0.2) is 9.18 Å². The average molecular weight is 483 g/mol. The molecule has 0 unspecified atom stereocenters. The first-order valence-electron chi connectivity index (χ1n) is 10.8. The number of nitrogens with zero attached hydrogens (tertiary/aromatic N) is 4. The minimum absolute atomic E-state index is 0.0128. The summed E-state index contributed by atoms with van der Waals surface area (Å²) in [6, 6.07) is 5.50. The lowest BCUT2D eigenvalue weighted by atomic mass is 10.0. The predicted molar refractivity (Wildman–Crippen MR) is 115 cm³/mol. The molecular formula is C22H25F4N5O3. The quantitative estimate of drug-likeness (QED) is 0.630. The zero-order chi connectivity index (χ0) is 24.9. The van der Waals surface area contributed by atoms with Crippen LogP contribution in [0.4, 0.5) is 28.2 Å². The van der Waals surface area contributed by atoms with Gasteiger partial charge in [-0.05, 0) is 30.5 Å². The molecule has 1 saturated heterocycles. The molecule has 1 aliphatic heterocycles. The van der Waals surface area contributed by atoms with Crippen LogP contribution in [0.1, 0.15) is 36.2 Å². The summed E-state index contributed by atoms with van der Waals surface area (Å²) < 4.78 is 59.0. The molecule has 2 amide bonds. The fourth-order valence-corrected chi connectivity index (χ4v) is 3.40. The number of carbonyl (C=O) groups is 2. The third kappa shape index (κ3) is 6.33. The van der Waals surface area contributed by atoms with Crippen LogP contribution in [0.2, 0.25) is 0 Å². The Morgan fingerprint density at radius 3 is 2.38 bits per heavy atom. The van der Waals surface area contributed by atoms with E-state index in [1.165, 1.54) is 11.0 Å². The van der Waals surface area contributed by atoms with E-state index in [0.717, 1.165) is 18.6 Å². The molecule has 1 fully saturated rings. The summed E-state index contributed by atoms with van der Waals surface area (Å²) in [5, 5.41) is 10.5. The van der Waals surface area contributed by atoms with Gasteiger partial charge in [0.2, 0.25) is 5.88 Å². The van der Waals surface area contributed by atoms with Crippen molar-refractivity contribution in [2.45, 2.75) is 26.4 Å². The van der Waals surface area contributed by atoms with Crippen molar-refractivity contribution in [2.24, 2.45) is 5.92 Å². The third-order valence-corrected chi connectivity index (χ3v) is 5.24. The molecule has 2 aromatic rings. The van der Waals surface area contributed by atoms with Crippen molar-refractivity contribution in [2.75, 3.05) is 37.6 Å². The molecule has 2 heterocycles. The lowest BCUT2D eigenvalue weighted by Gasteiger charge is -2.35. The largest absolute Gasteiger partial charge is 0.417 e. The standard InChI is InChI=1S/C22H25F4N5O3/c1-14(2)8-9-27-21(33)34-18-7-6-17(28-29-18)30-10-12-31(13-11-30)20(32)19-15(22(24,25)26)4-3-5-16(19)23/h3-7,14H,8-13H2,1-2H3,(H,27,33). The molecule has 1 N–H and O–H groups in total. The van der Waals surface area contributed by atoms with E-state index in [1.54, 1.807) is 11.0 Å². The van der Waals surface area contributed by atoms with E-state index in [0.29, 0.717) is 24.3 Å². The lowest BCUT2D eigenvalue weighted by molar-refractivity contribution is -0.138. The van der Waals surface area contributed by atoms with E-state index in [2.05, 4.69) is 15.5 Å². The fraction of sp³-hybridized carbons (Fsp3) is 0.455. The molecule has 0 saturated carbocycles. The topological polar surface area (TPSA) is 87.7 Å². The minimum Gasteiger partial charge on any atom is -0.390 e. The molecule has 0 spiro atoms. The van der Waals surface area contributed by atoms with Crippen molar-refractivity contribution in [1.82, 2.24) is 20.4 Å². The predicted octanol–water partition coefficient (Wildman–Crippen LogP) is 3.73. The van der Waals surface area contributed by atoms with E-state index >= 15 is 0 Å². The zero-order valence-electron chi connectivity index (χ0n) is 18.7. The number of ether oxygens (including phenoxy) is 1. The summed E-state index contributed by atoms with van der Waals surface area (Å²) in [7, 11) is 0. The van der Waals surface area contributed by atoms with Crippen LogP contribution in [-0.4, -0.2) is 59.8 Å². The van der Waals surface area contributed by atoms with Crippen LogP contribution < -0.4 is 15.0 Å². The number of rotatable bonds is 6. The van der Waals surface area contributed by atoms with Crippen molar-refractivity contribution < 1.29 is 31.9 Å². The average Bonchev–Trinajstić information content (AvgIpc) is 2.78. The van der Waals surface area contributed by atoms with Gasteiger partial charge < -0.3 is 19.9 Å². The zero-order valence-corrected chi connectivity index (χ0v) is 18.7. The molecule has 1 aromatic carbocycles. The van der Waals surface area contributed by atoms with Crippen molar-refractivity contribution in [3.63, 3.8) is 0 Å². The SMILES string of the molecule is CC(C)CCNC(=O)Oc1ccc(N2CCN(C(=O)c3c(F)cccc3C(F)(F)F)CC2)nn1. The van der Waals surface area contributed by atoms with Crippen molar-refractivity contribution in [3.05, 3.63) is 47.3 Å². The van der Waals surface area contributed by atoms with Crippen molar-refractivity contribution in [1.29, 1.82) is 0 Å². The van der Waals surface area contributed by atoms with Gasteiger partial charge in [0, 0.05) is 38.8 Å². The number of anilines is 1. The normalized spacial score (nSPS) is 14.3. The molecule has 0 aliphatic carbocycles. The molecule has 34 heavy (non-hydrogen) atoms. The summed E-state index contributed by atoms with van der Waals surface area (Å²) in [5.74, 6) is -1.32. The number of alkyl halides is 3. The van der Waals surface area contributed by atoms with E-state index in [1.807, 2.05) is 13.8 Å². The molecule has 3 rings (SSSR count). The van der Waals surface area contributed by atoms with Gasteiger partial charge in [-0.2, -0.15) is 13.2 Å². The Kier molecular flexibility index (Phi) is 7.90. The van der Waals surface area contributed by atoms with E-state index in [4.69, 9.17) is 4.74 Å². The van der Waals surface area contributed by atoms with Gasteiger partial charge in [-0.15, -0.1) is 10.2 Å². The number of benzene rings is 1. The number of hydrogen-bond acceptors (Lipinski definition) is 6. The first kappa shape index (κ1) is 25.2. The number of piperazine rings is 1. The third-order valence-electron chi connectivity index (χ3n) is 5.24. The minimum atomic E-state index is -4.85. The molecule has 12 heteroatoms. The fourth-order valence-electron chi connectivity index (χ4n) is 3.40. The van der Waals surface area contributed by atoms with Gasteiger partial charge in [-0.1, -0.05) is 19.9 Å². The van der Waals surface area contributed by atoms with Crippen LogP contribution in [0, 0.1) is 11.7 Å². The molecular weight excluding hydrogens is 458 g/mol. The Labute approximate surface area is 193 Å². The van der Waals surface area contributed by atoms with Gasteiger partial charge >= 0.3 is 12.3 Å². The molecule has 0 bridgehead atoms. The monoisotopic (exact) mass is 483 g/mol. The van der Waals surface area contributed by atoms with Crippen molar-refractivity contribution in [3.8, 4) is 5.88 Å². The maximum absolute atomic E-state index is 14.1. The Bertz CT molecular complexity index is 1010. The summed E-state index contributed by atoms with van der Waals surface area (Å²) >= 11 is 0. The molecule has 8 nitrogen and oxygen atoms in total. The van der Waals surface area contributed by atoms with Crippen molar-refractivity contribution >= 4 is 17.8 Å². The second-order valence-electron chi connectivity index (χ2n) is 8.17. The first-order valence-corrected chi connectivity index (χ1v) is 10.8. The maximum Gasteiger partial charge on any atom is 0.417 e. The highest BCUT2D eigenvalue weighted by molar-refractivity contribution is 5.96. The van der Waals surface area contributed by atoms with Crippen LogP contribution in [-0.2, 0) is 6.18 Å². The van der Waals surface area contributed by atoms with Gasteiger partial charge in [-0.3, -0.25) is 4.79 Å². The van der Waals surface area contributed by atoms with Crippen LogP contribution in [0.15, 0.2) is 30.3 Å². The van der Waals surface area contributed by atoms with Gasteiger partial charge in [0.1, 0.15) is 5.82 Å². The number of aromatic nitrogens is 2. The molecule has 1 aromatic heterocycles. The van der Waals surface area contributed by atoms with Crippen LogP contribution >= 0.6 is 0 Å². The number of amides is 2. The highest BCUT2D eigenvalue weighted by Gasteiger charge is 2.38. The number of carbonyl (C=O) groups excluding carboxylic acids is 2. The van der Waals surface area contributed by atoms with E-state index in [-0.39, 0.29) is 32.1 Å². The van der Waals surface area contributed by atoms with Gasteiger partial charge in [0.15, 0.2) is 5.82 Å². The molecule has 0 radical (unpaired) electrons. The smallest absolute Gasteiger partial charge is 0.390 e. The van der Waals surface area contributed by atoms with Crippen LogP contribution in [0.25, 0.3) is 0 Å². The Hall–Kier alpha value is -3.44. The number of halogens is 4. The molecule has 184 valence electrons. The highest BCUT2D eigenvalue weighted by atomic mass is 19.4. The molecule has 1 aliphatic rings. The van der Waals surface area contributed by atoms with E-state index < -0.39 is 35.1 Å². The second kappa shape index (κ2) is 10.7. The summed E-state index contributed by atoms with van der Waals surface area (Å²) in [4.78, 5) is 27.4. The Balaban J connectivity index is 1.57. The molecule has 0 atom stereocenters. The van der Waals surface area contributed by atoms with Crippen LogP contribution in [0.3, 0.4) is 0 Å². The first-order chi connectivity index (χ1) is 16.1. The summed E-state index contributed by atoms with van der Waals surface area (Å²) in [6.07, 6.45) is -4.68. The lowest BCUT2D eigenvalue weighted by Crippen LogP contribution is -2.49. The van der Waals surface area contributed by atoms with Crippen LogP contribution in [0.5, 0.6) is 5.88 Å². The Morgan fingerprint density at radius 2 is 1.79 bits per heavy atom. The summed E-state index contributed by atoms with van der Waals surface area (Å²) in [6.45, 7) is 5.20. The van der Waals surface area contributed by atoms with Gasteiger partial charge in [0.05, 0.1) is 11.1 Å². The summed E-state index contributed by atoms with van der Waals surface area (Å²) in [5.41, 5.74) is -2.27. The maximum atomic E-state index is 14.1. The van der Waals surface area contributed by atoms with Gasteiger partial charge in [0.25, 0.3) is 5.91 Å². The number of hydrogen-bond donors (Lipinski definition) is 1.